The van der Waals surface area contributed by atoms with Gasteiger partial charge in [0.25, 0.3) is 0 Å². The van der Waals surface area contributed by atoms with E-state index in [1.54, 1.807) is 0 Å². The molecule has 0 radical (unpaired) electrons. The molecule has 0 N–H and O–H groups in total. The van der Waals surface area contributed by atoms with Crippen molar-refractivity contribution < 1.29 is 21.5 Å². The zero-order valence-corrected chi connectivity index (χ0v) is 10.5. The summed E-state index contributed by atoms with van der Waals surface area (Å²) in [7, 11) is -4.82. The molecule has 1 aromatic carbocycles. The lowest BCUT2D eigenvalue weighted by molar-refractivity contribution is -0.117. The molecule has 1 atom stereocenters. The summed E-state index contributed by atoms with van der Waals surface area (Å²) in [4.78, 5) is 12.5. The molecule has 98 valence electrons. The van der Waals surface area contributed by atoms with Crippen LogP contribution in [0.15, 0.2) is 18.2 Å². The average Bonchev–Trinajstić information content (AvgIpc) is 2.64. The summed E-state index contributed by atoms with van der Waals surface area (Å²) in [5.41, 5.74) is -0.140. The van der Waals surface area contributed by atoms with Crippen molar-refractivity contribution >= 4 is 33.4 Å². The zero-order chi connectivity index (χ0) is 13.5. The predicted molar refractivity (Wildman–Crippen MR) is 62.2 cm³/mol. The van der Waals surface area contributed by atoms with Gasteiger partial charge < -0.3 is 4.90 Å². The third-order valence-electron chi connectivity index (χ3n) is 2.69. The van der Waals surface area contributed by atoms with Crippen molar-refractivity contribution in [1.82, 2.24) is 0 Å². The first-order chi connectivity index (χ1) is 8.29. The number of hydrogen-bond donors (Lipinski definition) is 0. The van der Waals surface area contributed by atoms with Gasteiger partial charge in [0, 0.05) is 18.0 Å². The predicted octanol–water partition coefficient (Wildman–Crippen LogP) is 1.88. The van der Waals surface area contributed by atoms with Crippen LogP contribution in [0.1, 0.15) is 6.42 Å². The Morgan fingerprint density at radius 2 is 2.06 bits per heavy atom. The van der Waals surface area contributed by atoms with E-state index in [9.17, 15) is 21.5 Å². The van der Waals surface area contributed by atoms with Crippen molar-refractivity contribution in [3.05, 3.63) is 29.0 Å². The highest BCUT2D eigenvalue weighted by Crippen LogP contribution is 2.29. The third kappa shape index (κ3) is 2.46. The van der Waals surface area contributed by atoms with E-state index in [1.165, 1.54) is 12.1 Å². The highest BCUT2D eigenvalue weighted by atomic mass is 35.5. The molecular weight excluding hydrogens is 288 g/mol. The number of halogens is 3. The van der Waals surface area contributed by atoms with Gasteiger partial charge in [-0.25, -0.2) is 4.39 Å². The second-order valence-corrected chi connectivity index (χ2v) is 5.96. The van der Waals surface area contributed by atoms with Crippen LogP contribution in [-0.4, -0.2) is 26.1 Å². The second kappa shape index (κ2) is 4.47. The van der Waals surface area contributed by atoms with Crippen LogP contribution in [0.5, 0.6) is 0 Å². The first kappa shape index (κ1) is 13.2. The van der Waals surface area contributed by atoms with Gasteiger partial charge in [-0.05, 0) is 18.2 Å². The molecule has 0 spiro atoms. The fourth-order valence-corrected chi connectivity index (χ4v) is 2.62. The number of nitrogens with zero attached hydrogens (tertiary/aromatic N) is 1. The molecule has 1 aromatic rings. The molecule has 0 bridgehead atoms. The Bertz CT molecular complexity index is 605. The fraction of sp³-hybridized carbons (Fsp3) is 0.300. The molecule has 4 nitrogen and oxygen atoms in total. The number of carbonyl (C=O) groups excluding carboxylic acids is 1. The normalized spacial score (nSPS) is 20.5. The van der Waals surface area contributed by atoms with Gasteiger partial charge in [-0.2, -0.15) is 8.42 Å². The molecule has 0 aromatic heterocycles. The maximum atomic E-state index is 13.5. The molecule has 1 heterocycles. The molecule has 0 aliphatic carbocycles. The molecule has 1 saturated heterocycles. The van der Waals surface area contributed by atoms with E-state index in [1.807, 2.05) is 0 Å². The topological polar surface area (TPSA) is 54.5 Å². The van der Waals surface area contributed by atoms with Crippen LogP contribution in [0.2, 0.25) is 5.02 Å². The van der Waals surface area contributed by atoms with Gasteiger partial charge in [0.05, 0.1) is 5.69 Å². The highest BCUT2D eigenvalue weighted by Gasteiger charge is 2.39. The van der Waals surface area contributed by atoms with Crippen LogP contribution >= 0.6 is 11.6 Å². The molecule has 0 saturated carbocycles. The Kier molecular flexibility index (Phi) is 3.29. The molecule has 1 aliphatic heterocycles. The third-order valence-corrected chi connectivity index (χ3v) is 4.03. The summed E-state index contributed by atoms with van der Waals surface area (Å²) in [6, 6.07) is 3.55. The summed E-state index contributed by atoms with van der Waals surface area (Å²) >= 11 is 5.67. The smallest absolute Gasteiger partial charge is 0.307 e. The van der Waals surface area contributed by atoms with Crippen LogP contribution in [0.3, 0.4) is 0 Å². The van der Waals surface area contributed by atoms with E-state index in [2.05, 4.69) is 0 Å². The molecule has 1 fully saturated rings. The number of amides is 1. The Morgan fingerprint density at radius 1 is 1.39 bits per heavy atom. The average molecular weight is 296 g/mol. The first-order valence-corrected chi connectivity index (χ1v) is 6.80. The second-order valence-electron chi connectivity index (χ2n) is 3.90. The Hall–Kier alpha value is -1.21. The Balaban J connectivity index is 2.35. The monoisotopic (exact) mass is 295 g/mol. The van der Waals surface area contributed by atoms with E-state index in [0.29, 0.717) is 0 Å². The fourth-order valence-electron chi connectivity index (χ4n) is 1.79. The van der Waals surface area contributed by atoms with Gasteiger partial charge in [0.2, 0.25) is 5.91 Å². The van der Waals surface area contributed by atoms with Gasteiger partial charge in [0.15, 0.2) is 0 Å². The number of carbonyl (C=O) groups is 1. The molecule has 1 amide bonds. The van der Waals surface area contributed by atoms with Crippen LogP contribution < -0.4 is 4.90 Å². The minimum atomic E-state index is -4.82. The summed E-state index contributed by atoms with van der Waals surface area (Å²) in [6.45, 7) is -0.408. The van der Waals surface area contributed by atoms with Gasteiger partial charge in [0.1, 0.15) is 11.1 Å². The molecule has 18 heavy (non-hydrogen) atoms. The van der Waals surface area contributed by atoms with Crippen LogP contribution in [0.25, 0.3) is 0 Å². The first-order valence-electron chi connectivity index (χ1n) is 4.98. The minimum absolute atomic E-state index is 0.140. The standard InChI is InChI=1S/C10H8ClF2NO3S/c11-6-1-2-8(12)9(3-6)14-5-7(4-10(14)15)18(13,16)17/h1-3,7H,4-5H2. The van der Waals surface area contributed by atoms with E-state index in [4.69, 9.17) is 11.6 Å². The lowest BCUT2D eigenvalue weighted by Gasteiger charge is -2.17. The molecule has 1 aliphatic rings. The van der Waals surface area contributed by atoms with Gasteiger partial charge in [-0.1, -0.05) is 11.6 Å². The molecular formula is C10H8ClF2NO3S. The van der Waals surface area contributed by atoms with Crippen molar-refractivity contribution in [1.29, 1.82) is 0 Å². The quantitative estimate of drug-likeness (QED) is 0.783. The van der Waals surface area contributed by atoms with Crippen molar-refractivity contribution in [2.45, 2.75) is 11.7 Å². The summed E-state index contributed by atoms with van der Waals surface area (Å²) in [5, 5.41) is -1.26. The Labute approximate surface area is 107 Å². The lowest BCUT2D eigenvalue weighted by atomic mass is 10.3. The van der Waals surface area contributed by atoms with Crippen molar-refractivity contribution in [3.8, 4) is 0 Å². The van der Waals surface area contributed by atoms with E-state index in [-0.39, 0.29) is 10.7 Å². The Morgan fingerprint density at radius 3 is 2.61 bits per heavy atom. The number of benzene rings is 1. The van der Waals surface area contributed by atoms with Crippen LogP contribution in [0.4, 0.5) is 14.0 Å². The number of hydrogen-bond acceptors (Lipinski definition) is 3. The lowest BCUT2D eigenvalue weighted by Crippen LogP contribution is -2.27. The SMILES string of the molecule is O=C1CC(S(=O)(=O)F)CN1c1cc(Cl)ccc1F. The highest BCUT2D eigenvalue weighted by molar-refractivity contribution is 7.87. The molecule has 1 unspecified atom stereocenters. The van der Waals surface area contributed by atoms with Gasteiger partial charge in [-0.3, -0.25) is 4.79 Å². The van der Waals surface area contributed by atoms with Gasteiger partial charge in [-0.15, -0.1) is 3.89 Å². The van der Waals surface area contributed by atoms with E-state index >= 15 is 0 Å². The van der Waals surface area contributed by atoms with Crippen molar-refractivity contribution in [2.24, 2.45) is 0 Å². The van der Waals surface area contributed by atoms with Crippen LogP contribution in [-0.2, 0) is 15.0 Å². The van der Waals surface area contributed by atoms with Crippen LogP contribution in [0, 0.1) is 5.82 Å². The molecule has 2 rings (SSSR count). The van der Waals surface area contributed by atoms with E-state index < -0.39 is 40.2 Å². The van der Waals surface area contributed by atoms with Crippen molar-refractivity contribution in [2.75, 3.05) is 11.4 Å². The summed E-state index contributed by atoms with van der Waals surface area (Å²) in [6.07, 6.45) is -0.495. The summed E-state index contributed by atoms with van der Waals surface area (Å²) in [5.74, 6) is -1.37. The zero-order valence-electron chi connectivity index (χ0n) is 8.94. The maximum Gasteiger partial charge on any atom is 0.307 e. The summed E-state index contributed by atoms with van der Waals surface area (Å²) < 4.78 is 47.8. The molecule has 8 heteroatoms. The van der Waals surface area contributed by atoms with Gasteiger partial charge >= 0.3 is 10.2 Å². The maximum absolute atomic E-state index is 13.5. The number of anilines is 1. The number of rotatable bonds is 2. The largest absolute Gasteiger partial charge is 0.308 e. The minimum Gasteiger partial charge on any atom is -0.308 e. The van der Waals surface area contributed by atoms with Crippen molar-refractivity contribution in [3.63, 3.8) is 0 Å². The van der Waals surface area contributed by atoms with E-state index in [0.717, 1.165) is 11.0 Å².